The van der Waals surface area contributed by atoms with Crippen LogP contribution in [0.2, 0.25) is 5.02 Å². The van der Waals surface area contributed by atoms with Crippen molar-refractivity contribution in [2.45, 2.75) is 4.90 Å². The smallest absolute Gasteiger partial charge is 0.253 e. The van der Waals surface area contributed by atoms with Gasteiger partial charge < -0.3 is 9.64 Å². The summed E-state index contributed by atoms with van der Waals surface area (Å²) in [6.45, 7) is 1.10. The molecule has 0 aromatic heterocycles. The van der Waals surface area contributed by atoms with Crippen LogP contribution in [0.4, 0.5) is 0 Å². The molecule has 0 spiro atoms. The van der Waals surface area contributed by atoms with Gasteiger partial charge in [-0.05, 0) is 30.3 Å². The summed E-state index contributed by atoms with van der Waals surface area (Å²) in [7, 11) is -2.34. The minimum Gasteiger partial charge on any atom is -0.495 e. The number of benzene rings is 2. The highest BCUT2D eigenvalue weighted by Gasteiger charge is 2.32. The third-order valence-corrected chi connectivity index (χ3v) is 6.45. The van der Waals surface area contributed by atoms with Crippen LogP contribution >= 0.6 is 11.6 Å². The number of rotatable bonds is 4. The lowest BCUT2D eigenvalue weighted by Gasteiger charge is -2.34. The molecule has 138 valence electrons. The fraction of sp³-hybridized carbons (Fsp3) is 0.278. The Kier molecular flexibility index (Phi) is 5.50. The summed E-state index contributed by atoms with van der Waals surface area (Å²) in [5.41, 5.74) is 0.598. The van der Waals surface area contributed by atoms with E-state index in [2.05, 4.69) is 0 Å². The van der Waals surface area contributed by atoms with Crippen molar-refractivity contribution in [1.29, 1.82) is 0 Å². The fourth-order valence-electron chi connectivity index (χ4n) is 2.89. The van der Waals surface area contributed by atoms with Gasteiger partial charge in [-0.25, -0.2) is 8.42 Å². The molecule has 3 rings (SSSR count). The molecule has 0 radical (unpaired) electrons. The van der Waals surface area contributed by atoms with E-state index in [0.717, 1.165) is 0 Å². The second kappa shape index (κ2) is 7.65. The average molecular weight is 395 g/mol. The Labute approximate surface area is 158 Å². The molecule has 0 N–H and O–H groups in total. The first kappa shape index (κ1) is 18.7. The third-order valence-electron chi connectivity index (χ3n) is 4.29. The summed E-state index contributed by atoms with van der Waals surface area (Å²) < 4.78 is 32.4. The van der Waals surface area contributed by atoms with Crippen LogP contribution in [0.15, 0.2) is 53.4 Å². The summed E-state index contributed by atoms with van der Waals surface area (Å²) in [6, 6.07) is 13.5. The Hall–Kier alpha value is -2.09. The van der Waals surface area contributed by atoms with Gasteiger partial charge in [0.25, 0.3) is 5.91 Å². The van der Waals surface area contributed by atoms with Gasteiger partial charge in [0.1, 0.15) is 10.6 Å². The molecule has 1 saturated heterocycles. The zero-order valence-electron chi connectivity index (χ0n) is 14.3. The van der Waals surface area contributed by atoms with E-state index in [9.17, 15) is 13.2 Å². The number of ether oxygens (including phenoxy) is 1. The van der Waals surface area contributed by atoms with E-state index in [0.29, 0.717) is 23.7 Å². The Morgan fingerprint density at radius 2 is 1.69 bits per heavy atom. The first-order valence-corrected chi connectivity index (χ1v) is 9.93. The molecule has 2 aromatic rings. The van der Waals surface area contributed by atoms with E-state index >= 15 is 0 Å². The number of hydrogen-bond donors (Lipinski definition) is 0. The van der Waals surface area contributed by atoms with Crippen molar-refractivity contribution in [3.63, 3.8) is 0 Å². The normalized spacial score (nSPS) is 15.7. The van der Waals surface area contributed by atoms with Gasteiger partial charge in [0.05, 0.1) is 7.11 Å². The number of halogens is 1. The average Bonchev–Trinajstić information content (AvgIpc) is 2.68. The number of carbonyl (C=O) groups is 1. The van der Waals surface area contributed by atoms with E-state index in [-0.39, 0.29) is 29.6 Å². The van der Waals surface area contributed by atoms with Crippen molar-refractivity contribution >= 4 is 27.5 Å². The lowest BCUT2D eigenvalue weighted by molar-refractivity contribution is 0.0698. The Balaban J connectivity index is 1.75. The van der Waals surface area contributed by atoms with Gasteiger partial charge in [-0.3, -0.25) is 4.79 Å². The first-order valence-electron chi connectivity index (χ1n) is 8.11. The van der Waals surface area contributed by atoms with Crippen LogP contribution in [0.25, 0.3) is 0 Å². The molecule has 0 bridgehead atoms. The second-order valence-corrected chi connectivity index (χ2v) is 8.20. The molecule has 1 aliphatic heterocycles. The van der Waals surface area contributed by atoms with Gasteiger partial charge in [-0.15, -0.1) is 0 Å². The topological polar surface area (TPSA) is 66.9 Å². The van der Waals surface area contributed by atoms with Gasteiger partial charge in [-0.1, -0.05) is 29.8 Å². The van der Waals surface area contributed by atoms with Crippen LogP contribution < -0.4 is 4.74 Å². The molecule has 1 amide bonds. The molecule has 26 heavy (non-hydrogen) atoms. The van der Waals surface area contributed by atoms with Crippen molar-refractivity contribution in [3.8, 4) is 5.75 Å². The van der Waals surface area contributed by atoms with Gasteiger partial charge >= 0.3 is 0 Å². The standard InChI is InChI=1S/C18H19ClN2O4S/c1-25-16-8-7-15(19)13-17(16)26(23,24)21-11-9-20(10-12-21)18(22)14-5-3-2-4-6-14/h2-8,13H,9-12H2,1H3. The highest BCUT2D eigenvalue weighted by Crippen LogP contribution is 2.30. The molecule has 1 aliphatic rings. The Morgan fingerprint density at radius 3 is 2.31 bits per heavy atom. The van der Waals surface area contributed by atoms with Crippen LogP contribution in [-0.4, -0.2) is 56.8 Å². The molecule has 0 atom stereocenters. The van der Waals surface area contributed by atoms with E-state index in [1.165, 1.54) is 23.5 Å². The van der Waals surface area contributed by atoms with Crippen molar-refractivity contribution in [3.05, 3.63) is 59.1 Å². The van der Waals surface area contributed by atoms with Crippen LogP contribution in [0.1, 0.15) is 10.4 Å². The highest BCUT2D eigenvalue weighted by atomic mass is 35.5. The second-order valence-electron chi connectivity index (χ2n) is 5.86. The van der Waals surface area contributed by atoms with E-state index < -0.39 is 10.0 Å². The van der Waals surface area contributed by atoms with Gasteiger partial charge in [0, 0.05) is 36.8 Å². The maximum absolute atomic E-state index is 12.9. The molecule has 6 nitrogen and oxygen atoms in total. The van der Waals surface area contributed by atoms with Crippen molar-refractivity contribution in [2.24, 2.45) is 0 Å². The molecular weight excluding hydrogens is 376 g/mol. The molecule has 2 aromatic carbocycles. The summed E-state index contributed by atoms with van der Waals surface area (Å²) in [6.07, 6.45) is 0. The maximum atomic E-state index is 12.9. The highest BCUT2D eigenvalue weighted by molar-refractivity contribution is 7.89. The molecular formula is C18H19ClN2O4S. The minimum absolute atomic E-state index is 0.0373. The van der Waals surface area contributed by atoms with Gasteiger partial charge in [0.15, 0.2) is 0 Å². The van der Waals surface area contributed by atoms with Crippen molar-refractivity contribution < 1.29 is 17.9 Å². The number of piperazine rings is 1. The number of nitrogens with zero attached hydrogens (tertiary/aromatic N) is 2. The minimum atomic E-state index is -3.76. The lowest BCUT2D eigenvalue weighted by atomic mass is 10.2. The van der Waals surface area contributed by atoms with E-state index in [1.807, 2.05) is 6.07 Å². The quantitative estimate of drug-likeness (QED) is 0.799. The van der Waals surface area contributed by atoms with Crippen LogP contribution in [-0.2, 0) is 10.0 Å². The van der Waals surface area contributed by atoms with E-state index in [1.54, 1.807) is 35.2 Å². The number of sulfonamides is 1. The van der Waals surface area contributed by atoms with Crippen molar-refractivity contribution in [2.75, 3.05) is 33.3 Å². The zero-order valence-corrected chi connectivity index (χ0v) is 15.8. The van der Waals surface area contributed by atoms with Crippen LogP contribution in [0.3, 0.4) is 0 Å². The third kappa shape index (κ3) is 3.70. The summed E-state index contributed by atoms with van der Waals surface area (Å²) in [4.78, 5) is 14.2. The maximum Gasteiger partial charge on any atom is 0.253 e. The Morgan fingerprint density at radius 1 is 1.04 bits per heavy atom. The SMILES string of the molecule is COc1ccc(Cl)cc1S(=O)(=O)N1CCN(C(=O)c2ccccc2)CC1. The summed E-state index contributed by atoms with van der Waals surface area (Å²) in [5, 5.41) is 0.322. The Bertz CT molecular complexity index is 895. The molecule has 8 heteroatoms. The largest absolute Gasteiger partial charge is 0.495 e. The first-order chi connectivity index (χ1) is 12.4. The number of methoxy groups -OCH3 is 1. The van der Waals surface area contributed by atoms with Gasteiger partial charge in [0.2, 0.25) is 10.0 Å². The predicted molar refractivity (Wildman–Crippen MR) is 99.1 cm³/mol. The van der Waals surface area contributed by atoms with E-state index in [4.69, 9.17) is 16.3 Å². The molecule has 1 heterocycles. The van der Waals surface area contributed by atoms with Crippen LogP contribution in [0, 0.1) is 0 Å². The van der Waals surface area contributed by atoms with Gasteiger partial charge in [-0.2, -0.15) is 4.31 Å². The summed E-state index contributed by atoms with van der Waals surface area (Å²) >= 11 is 5.96. The predicted octanol–water partition coefficient (Wildman–Crippen LogP) is 2.50. The molecule has 1 fully saturated rings. The lowest BCUT2D eigenvalue weighted by Crippen LogP contribution is -2.50. The number of amides is 1. The summed E-state index contributed by atoms with van der Waals surface area (Å²) in [5.74, 6) is 0.153. The zero-order chi connectivity index (χ0) is 18.7. The molecule has 0 aliphatic carbocycles. The number of hydrogen-bond acceptors (Lipinski definition) is 4. The van der Waals surface area contributed by atoms with Crippen LogP contribution in [0.5, 0.6) is 5.75 Å². The monoisotopic (exact) mass is 394 g/mol. The van der Waals surface area contributed by atoms with Crippen molar-refractivity contribution in [1.82, 2.24) is 9.21 Å². The molecule has 0 saturated carbocycles. The number of carbonyl (C=O) groups excluding carboxylic acids is 1. The fourth-order valence-corrected chi connectivity index (χ4v) is 4.73. The molecule has 0 unspecified atom stereocenters.